The second-order valence-corrected chi connectivity index (χ2v) is 8.81. The Kier molecular flexibility index (Phi) is 5.80. The van der Waals surface area contributed by atoms with Crippen LogP contribution in [0.15, 0.2) is 48.5 Å². The third kappa shape index (κ3) is 4.13. The van der Waals surface area contributed by atoms with Crippen LogP contribution in [0.2, 0.25) is 0 Å². The Balaban J connectivity index is 1.54. The number of nitrogens with zero attached hydrogens (tertiary/aromatic N) is 3. The number of hydrogen-bond acceptors (Lipinski definition) is 4. The maximum absolute atomic E-state index is 13.3. The van der Waals surface area contributed by atoms with Crippen molar-refractivity contribution in [2.45, 2.75) is 20.8 Å². The van der Waals surface area contributed by atoms with Crippen molar-refractivity contribution >= 4 is 39.1 Å². The Labute approximate surface area is 189 Å². The molecule has 2 amide bonds. The number of nitrogens with one attached hydrogen (secondary N) is 1. The fourth-order valence-corrected chi connectivity index (χ4v) is 4.75. The number of likely N-dealkylation sites (N-methyl/N-ethyl adjacent to an activating group) is 1. The summed E-state index contributed by atoms with van der Waals surface area (Å²) in [7, 11) is 1.61. The Hall–Kier alpha value is -3.52. The van der Waals surface area contributed by atoms with E-state index in [2.05, 4.69) is 10.4 Å². The topological polar surface area (TPSA) is 67.2 Å². The standard InChI is InChI=1S/C24H23FN4O2S/c1-14-6-5-7-15(2)22(14)26-21(30)13-28(4)23(31)20-12-19-16(3)27-29(24(19)32-20)18-10-8-17(25)9-11-18/h5-12H,13H2,1-4H3,(H,26,30). The fourth-order valence-electron chi connectivity index (χ4n) is 3.58. The minimum absolute atomic E-state index is 0.0656. The number of halogens is 1. The maximum Gasteiger partial charge on any atom is 0.264 e. The lowest BCUT2D eigenvalue weighted by atomic mass is 10.1. The summed E-state index contributed by atoms with van der Waals surface area (Å²) in [5.41, 5.74) is 4.20. The number of hydrogen-bond donors (Lipinski definition) is 1. The van der Waals surface area contributed by atoms with Gasteiger partial charge in [-0.25, -0.2) is 9.07 Å². The highest BCUT2D eigenvalue weighted by Crippen LogP contribution is 2.31. The van der Waals surface area contributed by atoms with Gasteiger partial charge in [0, 0.05) is 18.1 Å². The molecule has 0 saturated heterocycles. The molecule has 4 rings (SSSR count). The highest BCUT2D eigenvalue weighted by Gasteiger charge is 2.21. The first-order valence-corrected chi connectivity index (χ1v) is 10.9. The third-order valence-electron chi connectivity index (χ3n) is 5.30. The monoisotopic (exact) mass is 450 g/mol. The van der Waals surface area contributed by atoms with Crippen LogP contribution >= 0.6 is 11.3 Å². The second kappa shape index (κ2) is 8.55. The van der Waals surface area contributed by atoms with Gasteiger partial charge >= 0.3 is 0 Å². The van der Waals surface area contributed by atoms with Crippen LogP contribution in [0.5, 0.6) is 0 Å². The number of fused-ring (bicyclic) bond motifs is 1. The number of amides is 2. The van der Waals surface area contributed by atoms with Crippen LogP contribution < -0.4 is 5.32 Å². The van der Waals surface area contributed by atoms with Crippen molar-refractivity contribution in [3.8, 4) is 5.69 Å². The molecule has 0 aliphatic rings. The molecule has 0 radical (unpaired) electrons. The van der Waals surface area contributed by atoms with E-state index in [9.17, 15) is 14.0 Å². The number of benzene rings is 2. The van der Waals surface area contributed by atoms with Gasteiger partial charge in [-0.15, -0.1) is 11.3 Å². The molecule has 0 unspecified atom stereocenters. The zero-order valence-corrected chi connectivity index (χ0v) is 19.1. The van der Waals surface area contributed by atoms with Crippen LogP contribution in [0.3, 0.4) is 0 Å². The van der Waals surface area contributed by atoms with E-state index in [4.69, 9.17) is 0 Å². The highest BCUT2D eigenvalue weighted by molar-refractivity contribution is 7.20. The molecule has 2 heterocycles. The smallest absolute Gasteiger partial charge is 0.264 e. The average Bonchev–Trinajstić information content (AvgIpc) is 3.31. The van der Waals surface area contributed by atoms with Gasteiger partial charge in [0.1, 0.15) is 10.6 Å². The lowest BCUT2D eigenvalue weighted by Gasteiger charge is -2.17. The Morgan fingerprint density at radius 1 is 1.09 bits per heavy atom. The number of rotatable bonds is 5. The average molecular weight is 451 g/mol. The van der Waals surface area contributed by atoms with Crippen molar-refractivity contribution in [2.75, 3.05) is 18.9 Å². The lowest BCUT2D eigenvalue weighted by molar-refractivity contribution is -0.116. The van der Waals surface area contributed by atoms with Gasteiger partial charge < -0.3 is 10.2 Å². The highest BCUT2D eigenvalue weighted by atomic mass is 32.1. The largest absolute Gasteiger partial charge is 0.332 e. The summed E-state index contributed by atoms with van der Waals surface area (Å²) >= 11 is 1.30. The van der Waals surface area contributed by atoms with Crippen molar-refractivity contribution in [3.05, 3.63) is 76.0 Å². The van der Waals surface area contributed by atoms with E-state index in [0.29, 0.717) is 10.6 Å². The van der Waals surface area contributed by atoms with Crippen LogP contribution in [-0.4, -0.2) is 40.1 Å². The molecule has 0 aliphatic heterocycles. The second-order valence-electron chi connectivity index (χ2n) is 7.78. The summed E-state index contributed by atoms with van der Waals surface area (Å²) in [6, 6.07) is 13.6. The fraction of sp³-hybridized carbons (Fsp3) is 0.208. The Morgan fingerprint density at radius 2 is 1.75 bits per heavy atom. The van der Waals surface area contributed by atoms with Gasteiger partial charge in [0.15, 0.2) is 0 Å². The molecule has 4 aromatic rings. The van der Waals surface area contributed by atoms with Gasteiger partial charge in [-0.2, -0.15) is 5.10 Å². The van der Waals surface area contributed by atoms with Crippen LogP contribution in [0.1, 0.15) is 26.5 Å². The summed E-state index contributed by atoms with van der Waals surface area (Å²) in [4.78, 5) is 28.3. The lowest BCUT2D eigenvalue weighted by Crippen LogP contribution is -2.34. The zero-order valence-electron chi connectivity index (χ0n) is 18.3. The van der Waals surface area contributed by atoms with Crippen molar-refractivity contribution in [1.82, 2.24) is 14.7 Å². The summed E-state index contributed by atoms with van der Waals surface area (Å²) in [6.07, 6.45) is 0. The Morgan fingerprint density at radius 3 is 2.41 bits per heavy atom. The molecule has 6 nitrogen and oxygen atoms in total. The molecular weight excluding hydrogens is 427 g/mol. The molecule has 0 bridgehead atoms. The van der Waals surface area contributed by atoms with E-state index in [1.807, 2.05) is 39.0 Å². The van der Waals surface area contributed by atoms with Crippen molar-refractivity contribution in [3.63, 3.8) is 0 Å². The first-order valence-electron chi connectivity index (χ1n) is 10.1. The number of thiophene rings is 1. The molecule has 0 saturated carbocycles. The first-order chi connectivity index (χ1) is 15.2. The summed E-state index contributed by atoms with van der Waals surface area (Å²) in [6.45, 7) is 5.66. The van der Waals surface area contributed by atoms with E-state index in [1.54, 1.807) is 29.9 Å². The summed E-state index contributed by atoms with van der Waals surface area (Å²) in [5, 5.41) is 8.29. The molecule has 164 valence electrons. The van der Waals surface area contributed by atoms with Gasteiger partial charge in [0.2, 0.25) is 5.91 Å². The van der Waals surface area contributed by atoms with E-state index in [1.165, 1.54) is 28.4 Å². The predicted molar refractivity (Wildman–Crippen MR) is 125 cm³/mol. The van der Waals surface area contributed by atoms with E-state index < -0.39 is 0 Å². The van der Waals surface area contributed by atoms with Gasteiger partial charge in [-0.3, -0.25) is 9.59 Å². The van der Waals surface area contributed by atoms with Crippen LogP contribution in [0.25, 0.3) is 15.9 Å². The maximum atomic E-state index is 13.3. The molecule has 0 atom stereocenters. The van der Waals surface area contributed by atoms with E-state index >= 15 is 0 Å². The van der Waals surface area contributed by atoms with Crippen molar-refractivity contribution in [2.24, 2.45) is 0 Å². The number of carbonyl (C=O) groups excluding carboxylic acids is 2. The molecule has 1 N–H and O–H groups in total. The van der Waals surface area contributed by atoms with Gasteiger partial charge in [-0.05, 0) is 62.2 Å². The predicted octanol–water partition coefficient (Wildman–Crippen LogP) is 4.86. The molecule has 8 heteroatoms. The number of aryl methyl sites for hydroxylation is 3. The Bertz CT molecular complexity index is 1300. The molecule has 0 spiro atoms. The quantitative estimate of drug-likeness (QED) is 0.472. The van der Waals surface area contributed by atoms with Gasteiger partial charge in [0.05, 0.1) is 22.8 Å². The molecule has 2 aromatic carbocycles. The number of carbonyl (C=O) groups is 2. The minimum atomic E-state index is -0.322. The number of aromatic nitrogens is 2. The van der Waals surface area contributed by atoms with Crippen molar-refractivity contribution in [1.29, 1.82) is 0 Å². The number of anilines is 1. The van der Waals surface area contributed by atoms with Crippen molar-refractivity contribution < 1.29 is 14.0 Å². The van der Waals surface area contributed by atoms with Gasteiger partial charge in [-0.1, -0.05) is 18.2 Å². The van der Waals surface area contributed by atoms with Crippen LogP contribution in [0.4, 0.5) is 10.1 Å². The van der Waals surface area contributed by atoms with E-state index in [0.717, 1.165) is 32.7 Å². The van der Waals surface area contributed by atoms with Gasteiger partial charge in [0.25, 0.3) is 5.91 Å². The zero-order chi connectivity index (χ0) is 23.0. The molecule has 0 aliphatic carbocycles. The first kappa shape index (κ1) is 21.7. The van der Waals surface area contributed by atoms with E-state index in [-0.39, 0.29) is 24.2 Å². The van der Waals surface area contributed by atoms with Crippen LogP contribution in [-0.2, 0) is 4.79 Å². The third-order valence-corrected chi connectivity index (χ3v) is 6.40. The molecular formula is C24H23FN4O2S. The minimum Gasteiger partial charge on any atom is -0.332 e. The SMILES string of the molecule is Cc1cccc(C)c1NC(=O)CN(C)C(=O)c1cc2c(C)nn(-c3ccc(F)cc3)c2s1. The summed E-state index contributed by atoms with van der Waals surface area (Å²) in [5.74, 6) is -0.822. The van der Waals surface area contributed by atoms with Crippen LogP contribution in [0, 0.1) is 26.6 Å². The normalized spacial score (nSPS) is 11.0. The number of para-hydroxylation sites is 1. The molecule has 32 heavy (non-hydrogen) atoms. The molecule has 2 aromatic heterocycles. The summed E-state index contributed by atoms with van der Waals surface area (Å²) < 4.78 is 15.0. The molecule has 0 fully saturated rings.